The average Bonchev–Trinajstić information content (AvgIpc) is 3.40. The Morgan fingerprint density at radius 3 is 2.36 bits per heavy atom. The lowest BCUT2D eigenvalue weighted by molar-refractivity contribution is -0.144. The zero-order valence-corrected chi connectivity index (χ0v) is 33.7. The van der Waals surface area contributed by atoms with Crippen molar-refractivity contribution in [2.24, 2.45) is 51.8 Å². The van der Waals surface area contributed by atoms with Crippen LogP contribution < -0.4 is 0 Å². The molecule has 2 nitrogen and oxygen atoms in total. The van der Waals surface area contributed by atoms with Crippen molar-refractivity contribution < 1.29 is 9.53 Å². The Morgan fingerprint density at radius 1 is 0.880 bits per heavy atom. The predicted octanol–water partition coefficient (Wildman–Crippen LogP) is 13.4. The fourth-order valence-electron chi connectivity index (χ4n) is 10.7. The Morgan fingerprint density at radius 2 is 1.64 bits per heavy atom. The molecule has 5 rings (SSSR count). The Hall–Kier alpha value is -2.61. The van der Waals surface area contributed by atoms with Crippen molar-refractivity contribution in [1.82, 2.24) is 0 Å². The molecule has 50 heavy (non-hydrogen) atoms. The van der Waals surface area contributed by atoms with E-state index in [-0.39, 0.29) is 22.9 Å². The molecule has 0 heterocycles. The molecule has 2 heteroatoms. The fraction of sp³-hybridized carbons (Fsp3) is 0.646. The molecule has 0 spiro atoms. The van der Waals surface area contributed by atoms with Crippen LogP contribution in [-0.4, -0.2) is 12.1 Å². The molecular formula is C48H70O2. The molecular weight excluding hydrogens is 609 g/mol. The van der Waals surface area contributed by atoms with Gasteiger partial charge < -0.3 is 4.74 Å². The van der Waals surface area contributed by atoms with Crippen molar-refractivity contribution in [2.45, 2.75) is 146 Å². The van der Waals surface area contributed by atoms with E-state index in [0.717, 1.165) is 30.8 Å². The van der Waals surface area contributed by atoms with Crippen LogP contribution in [0.25, 0.3) is 0 Å². The molecule has 274 valence electrons. The molecule has 0 unspecified atom stereocenters. The minimum atomic E-state index is -0.215. The van der Waals surface area contributed by atoms with Crippen molar-refractivity contribution in [3.63, 3.8) is 0 Å². The Labute approximate surface area is 307 Å². The van der Waals surface area contributed by atoms with Gasteiger partial charge in [0.05, 0.1) is 0 Å². The lowest BCUT2D eigenvalue weighted by Gasteiger charge is -2.55. The second-order valence-electron chi connectivity index (χ2n) is 18.7. The van der Waals surface area contributed by atoms with Crippen LogP contribution in [-0.2, 0) is 9.53 Å². The summed E-state index contributed by atoms with van der Waals surface area (Å²) in [6.07, 6.45) is 34.3. The highest BCUT2D eigenvalue weighted by Gasteiger charge is 2.57. The Balaban J connectivity index is 1.18. The van der Waals surface area contributed by atoms with Crippen molar-refractivity contribution >= 4 is 5.97 Å². The van der Waals surface area contributed by atoms with E-state index in [1.165, 1.54) is 67.2 Å². The highest BCUT2D eigenvalue weighted by Crippen LogP contribution is 2.66. The van der Waals surface area contributed by atoms with Gasteiger partial charge in [0.2, 0.25) is 0 Å². The summed E-state index contributed by atoms with van der Waals surface area (Å²) >= 11 is 0. The molecule has 0 aliphatic heterocycles. The second-order valence-corrected chi connectivity index (χ2v) is 18.7. The van der Waals surface area contributed by atoms with Gasteiger partial charge in [0.25, 0.3) is 0 Å². The van der Waals surface area contributed by atoms with Gasteiger partial charge in [0.1, 0.15) is 6.10 Å². The SMILES string of the molecule is CC(C=CC1=C(C)CCCC1(C)C)=CC=CC(C)=CC(=O)O[C@H]1CC[C@@]2(C)C(=CC=C3[C@@H]4CC[C@H]([C@H](C)C=C[C@H](C)C(C)C)[C@@]4(C)CC[C@@H]32)C1. The lowest BCUT2D eigenvalue weighted by atomic mass is 9.50. The van der Waals surface area contributed by atoms with Gasteiger partial charge in [-0.2, -0.15) is 0 Å². The summed E-state index contributed by atoms with van der Waals surface area (Å²) < 4.78 is 6.09. The smallest absolute Gasteiger partial charge is 0.331 e. The molecule has 5 aliphatic carbocycles. The third-order valence-electron chi connectivity index (χ3n) is 14.4. The van der Waals surface area contributed by atoms with Gasteiger partial charge in [-0.3, -0.25) is 0 Å². The van der Waals surface area contributed by atoms with E-state index >= 15 is 0 Å². The van der Waals surface area contributed by atoms with Crippen LogP contribution >= 0.6 is 0 Å². The van der Waals surface area contributed by atoms with E-state index < -0.39 is 0 Å². The molecule has 0 N–H and O–H groups in total. The minimum absolute atomic E-state index is 0.0375. The van der Waals surface area contributed by atoms with Crippen molar-refractivity contribution in [3.05, 3.63) is 94.2 Å². The van der Waals surface area contributed by atoms with Gasteiger partial charge in [0.15, 0.2) is 0 Å². The Kier molecular flexibility index (Phi) is 12.0. The highest BCUT2D eigenvalue weighted by molar-refractivity contribution is 5.83. The van der Waals surface area contributed by atoms with E-state index in [4.69, 9.17) is 4.74 Å². The standard InChI is InChI=1S/C48H70O2/c1-32(2)35(5)18-19-37(7)42-23-24-43-40-21-20-38-31-39(25-28-47(38,10)44(40)26-29-48(42,43)11)50-45(49)30-34(4)15-12-14-33(3)17-22-41-36(6)16-13-27-46(41,8)9/h12,14-15,17-22,30,32,35,37,39,42-44H,13,16,23-29,31H2,1-11H3/t35-,37+,39-,42+,43-,44-,47-,48+/m0/s1. The number of hydrogen-bond acceptors (Lipinski definition) is 2. The summed E-state index contributed by atoms with van der Waals surface area (Å²) in [4.78, 5) is 13.0. The average molecular weight is 679 g/mol. The van der Waals surface area contributed by atoms with Crippen LogP contribution in [0, 0.1) is 51.8 Å². The van der Waals surface area contributed by atoms with Crippen LogP contribution in [0.1, 0.15) is 140 Å². The maximum Gasteiger partial charge on any atom is 0.331 e. The molecule has 8 atom stereocenters. The van der Waals surface area contributed by atoms with E-state index in [1.807, 2.05) is 19.1 Å². The maximum absolute atomic E-state index is 13.0. The van der Waals surface area contributed by atoms with Crippen LogP contribution in [0.3, 0.4) is 0 Å². The zero-order chi connectivity index (χ0) is 36.4. The number of hydrogen-bond donors (Lipinski definition) is 0. The third-order valence-corrected chi connectivity index (χ3v) is 14.4. The number of carbonyl (C=O) groups is 1. The summed E-state index contributed by atoms with van der Waals surface area (Å²) in [7, 11) is 0. The summed E-state index contributed by atoms with van der Waals surface area (Å²) in [5, 5.41) is 0. The predicted molar refractivity (Wildman–Crippen MR) is 213 cm³/mol. The summed E-state index contributed by atoms with van der Waals surface area (Å²) in [5.41, 5.74) is 9.21. The highest BCUT2D eigenvalue weighted by atomic mass is 16.5. The van der Waals surface area contributed by atoms with E-state index in [2.05, 4.69) is 112 Å². The van der Waals surface area contributed by atoms with Crippen LogP contribution in [0.15, 0.2) is 94.2 Å². The van der Waals surface area contributed by atoms with Gasteiger partial charge in [-0.25, -0.2) is 4.79 Å². The molecule has 3 saturated carbocycles. The first kappa shape index (κ1) is 38.6. The number of rotatable bonds is 10. The van der Waals surface area contributed by atoms with Gasteiger partial charge in [-0.15, -0.1) is 0 Å². The molecule has 0 aromatic heterocycles. The minimum Gasteiger partial charge on any atom is -0.459 e. The molecule has 5 aliphatic rings. The van der Waals surface area contributed by atoms with E-state index in [9.17, 15) is 4.79 Å². The second kappa shape index (κ2) is 15.6. The van der Waals surface area contributed by atoms with Gasteiger partial charge in [-0.05, 0) is 141 Å². The van der Waals surface area contributed by atoms with E-state index in [1.54, 1.807) is 11.6 Å². The van der Waals surface area contributed by atoms with E-state index in [0.29, 0.717) is 35.0 Å². The van der Waals surface area contributed by atoms with Crippen LogP contribution in [0.5, 0.6) is 0 Å². The Bertz CT molecular complexity index is 1520. The number of allylic oxidation sites excluding steroid dienone is 14. The zero-order valence-electron chi connectivity index (χ0n) is 33.7. The quantitative estimate of drug-likeness (QED) is 0.0995. The largest absolute Gasteiger partial charge is 0.459 e. The molecule has 0 radical (unpaired) electrons. The monoisotopic (exact) mass is 679 g/mol. The molecule has 3 fully saturated rings. The van der Waals surface area contributed by atoms with Crippen LogP contribution in [0.2, 0.25) is 0 Å². The first-order valence-electron chi connectivity index (χ1n) is 20.3. The summed E-state index contributed by atoms with van der Waals surface area (Å²) in [5.74, 6) is 3.86. The van der Waals surface area contributed by atoms with Gasteiger partial charge in [-0.1, -0.05) is 132 Å². The molecule has 0 saturated heterocycles. The first-order chi connectivity index (χ1) is 23.5. The summed E-state index contributed by atoms with van der Waals surface area (Å²) in [6.45, 7) is 25.8. The first-order valence-corrected chi connectivity index (χ1v) is 20.3. The number of ether oxygens (including phenoxy) is 1. The molecule has 0 aromatic carbocycles. The summed E-state index contributed by atoms with van der Waals surface area (Å²) in [6, 6.07) is 0. The fourth-order valence-corrected chi connectivity index (χ4v) is 10.7. The topological polar surface area (TPSA) is 26.3 Å². The van der Waals surface area contributed by atoms with Gasteiger partial charge >= 0.3 is 5.97 Å². The normalized spacial score (nSPS) is 34.5. The molecule has 0 bridgehead atoms. The lowest BCUT2D eigenvalue weighted by Crippen LogP contribution is -2.46. The van der Waals surface area contributed by atoms with Crippen molar-refractivity contribution in [1.29, 1.82) is 0 Å². The molecule has 0 aromatic rings. The molecule has 0 amide bonds. The number of fused-ring (bicyclic) bond motifs is 5. The van der Waals surface area contributed by atoms with Crippen molar-refractivity contribution in [2.75, 3.05) is 0 Å². The number of esters is 1. The van der Waals surface area contributed by atoms with Crippen molar-refractivity contribution in [3.8, 4) is 0 Å². The maximum atomic E-state index is 13.0. The van der Waals surface area contributed by atoms with Gasteiger partial charge in [0, 0.05) is 12.5 Å². The number of carbonyl (C=O) groups excluding carboxylic acids is 1. The van der Waals surface area contributed by atoms with Crippen LogP contribution in [0.4, 0.5) is 0 Å². The third kappa shape index (κ3) is 8.21.